The Kier molecular flexibility index (Phi) is 4.24. The zero-order valence-electron chi connectivity index (χ0n) is 10.6. The molecule has 104 valence electrons. The largest absolute Gasteiger partial charge is 0.494 e. The smallest absolute Gasteiger partial charge is 0.255 e. The van der Waals surface area contributed by atoms with Crippen molar-refractivity contribution in [1.82, 2.24) is 0 Å². The molecule has 0 unspecified atom stereocenters. The molecule has 0 bridgehead atoms. The number of carbonyl (C=O) groups is 1. The lowest BCUT2D eigenvalue weighted by atomic mass is 10.2. The van der Waals surface area contributed by atoms with Gasteiger partial charge in [-0.05, 0) is 30.3 Å². The second kappa shape index (κ2) is 5.92. The standard InChI is InChI=1S/C14H12BrFN2O2/c1-20-13-7-11(17)2-3-12(13)18-14(19)8-4-9(15)6-10(16)5-8/h2-7H,17H2,1H3,(H,18,19). The van der Waals surface area contributed by atoms with E-state index in [2.05, 4.69) is 21.2 Å². The van der Waals surface area contributed by atoms with E-state index >= 15 is 0 Å². The fourth-order valence-electron chi connectivity index (χ4n) is 1.69. The number of ether oxygens (including phenoxy) is 1. The first-order valence-electron chi connectivity index (χ1n) is 5.70. The molecular weight excluding hydrogens is 327 g/mol. The summed E-state index contributed by atoms with van der Waals surface area (Å²) in [5, 5.41) is 2.65. The number of hydrogen-bond donors (Lipinski definition) is 2. The summed E-state index contributed by atoms with van der Waals surface area (Å²) in [6.45, 7) is 0. The maximum absolute atomic E-state index is 13.3. The fourth-order valence-corrected chi connectivity index (χ4v) is 2.16. The molecule has 2 rings (SSSR count). The van der Waals surface area contributed by atoms with Crippen LogP contribution in [0.3, 0.4) is 0 Å². The highest BCUT2D eigenvalue weighted by atomic mass is 79.9. The number of hydrogen-bond acceptors (Lipinski definition) is 3. The molecule has 20 heavy (non-hydrogen) atoms. The summed E-state index contributed by atoms with van der Waals surface area (Å²) < 4.78 is 18.9. The van der Waals surface area contributed by atoms with Crippen LogP contribution in [-0.2, 0) is 0 Å². The summed E-state index contributed by atoms with van der Waals surface area (Å²) in [4.78, 5) is 12.1. The molecule has 0 aliphatic rings. The van der Waals surface area contributed by atoms with Gasteiger partial charge in [0.2, 0.25) is 0 Å². The fraction of sp³-hybridized carbons (Fsp3) is 0.0714. The SMILES string of the molecule is COc1cc(N)ccc1NC(=O)c1cc(F)cc(Br)c1. The predicted octanol–water partition coefficient (Wildman–Crippen LogP) is 3.43. The summed E-state index contributed by atoms with van der Waals surface area (Å²) in [5.74, 6) is -0.490. The zero-order valence-corrected chi connectivity index (χ0v) is 12.2. The van der Waals surface area contributed by atoms with Crippen molar-refractivity contribution < 1.29 is 13.9 Å². The van der Waals surface area contributed by atoms with Crippen molar-refractivity contribution in [1.29, 1.82) is 0 Å². The van der Waals surface area contributed by atoms with Crippen molar-refractivity contribution in [3.8, 4) is 5.75 Å². The number of rotatable bonds is 3. The van der Waals surface area contributed by atoms with Crippen molar-refractivity contribution in [3.05, 3.63) is 52.3 Å². The second-order valence-corrected chi connectivity index (χ2v) is 4.99. The molecule has 0 saturated heterocycles. The van der Waals surface area contributed by atoms with E-state index in [9.17, 15) is 9.18 Å². The lowest BCUT2D eigenvalue weighted by molar-refractivity contribution is 0.102. The first kappa shape index (κ1) is 14.3. The van der Waals surface area contributed by atoms with Gasteiger partial charge >= 0.3 is 0 Å². The highest BCUT2D eigenvalue weighted by Crippen LogP contribution is 2.27. The van der Waals surface area contributed by atoms with E-state index in [1.165, 1.54) is 19.2 Å². The number of anilines is 2. The van der Waals surface area contributed by atoms with Gasteiger partial charge in [-0.1, -0.05) is 15.9 Å². The van der Waals surface area contributed by atoms with E-state index in [1.54, 1.807) is 18.2 Å². The quantitative estimate of drug-likeness (QED) is 0.842. The van der Waals surface area contributed by atoms with Gasteiger partial charge in [-0.3, -0.25) is 4.79 Å². The molecular formula is C14H12BrFN2O2. The van der Waals surface area contributed by atoms with Crippen molar-refractivity contribution in [3.63, 3.8) is 0 Å². The molecule has 1 amide bonds. The Balaban J connectivity index is 2.27. The molecule has 2 aromatic rings. The van der Waals surface area contributed by atoms with Gasteiger partial charge in [0, 0.05) is 21.8 Å². The Morgan fingerprint density at radius 2 is 2.05 bits per heavy atom. The number of nitrogen functional groups attached to an aromatic ring is 1. The van der Waals surface area contributed by atoms with Crippen LogP contribution < -0.4 is 15.8 Å². The highest BCUT2D eigenvalue weighted by molar-refractivity contribution is 9.10. The maximum Gasteiger partial charge on any atom is 0.255 e. The topological polar surface area (TPSA) is 64.3 Å². The molecule has 4 nitrogen and oxygen atoms in total. The lowest BCUT2D eigenvalue weighted by Gasteiger charge is -2.11. The first-order chi connectivity index (χ1) is 9.49. The van der Waals surface area contributed by atoms with Crippen LogP contribution in [0.1, 0.15) is 10.4 Å². The van der Waals surface area contributed by atoms with Crippen molar-refractivity contribution >= 4 is 33.2 Å². The van der Waals surface area contributed by atoms with Gasteiger partial charge in [-0.2, -0.15) is 0 Å². The molecule has 0 radical (unpaired) electrons. The molecule has 0 saturated carbocycles. The zero-order chi connectivity index (χ0) is 14.7. The van der Waals surface area contributed by atoms with Gasteiger partial charge in [0.05, 0.1) is 12.8 Å². The van der Waals surface area contributed by atoms with Crippen LogP contribution in [0, 0.1) is 5.82 Å². The number of nitrogens with one attached hydrogen (secondary N) is 1. The number of halogens is 2. The van der Waals surface area contributed by atoms with Crippen LogP contribution in [0.5, 0.6) is 5.75 Å². The van der Waals surface area contributed by atoms with Gasteiger partial charge in [0.1, 0.15) is 11.6 Å². The van der Waals surface area contributed by atoms with Gasteiger partial charge in [0.15, 0.2) is 0 Å². The minimum Gasteiger partial charge on any atom is -0.494 e. The third-order valence-corrected chi connectivity index (χ3v) is 3.06. The average molecular weight is 339 g/mol. The van der Waals surface area contributed by atoms with Crippen LogP contribution in [-0.4, -0.2) is 13.0 Å². The number of nitrogens with two attached hydrogens (primary N) is 1. The Bertz CT molecular complexity index is 641. The second-order valence-electron chi connectivity index (χ2n) is 4.07. The van der Waals surface area contributed by atoms with Gasteiger partial charge in [0.25, 0.3) is 5.91 Å². The van der Waals surface area contributed by atoms with Crippen molar-refractivity contribution in [2.75, 3.05) is 18.2 Å². The van der Waals surface area contributed by atoms with E-state index in [-0.39, 0.29) is 5.56 Å². The van der Waals surface area contributed by atoms with Crippen LogP contribution >= 0.6 is 15.9 Å². The lowest BCUT2D eigenvalue weighted by Crippen LogP contribution is -2.13. The summed E-state index contributed by atoms with van der Waals surface area (Å²) in [7, 11) is 1.48. The molecule has 0 fully saturated rings. The van der Waals surface area contributed by atoms with Crippen LogP contribution in [0.2, 0.25) is 0 Å². The Hall–Kier alpha value is -2.08. The Morgan fingerprint density at radius 1 is 1.30 bits per heavy atom. The van der Waals surface area contributed by atoms with Crippen molar-refractivity contribution in [2.45, 2.75) is 0 Å². The molecule has 0 aliphatic heterocycles. The Labute approximate surface area is 123 Å². The molecule has 2 aromatic carbocycles. The average Bonchev–Trinajstić information content (AvgIpc) is 2.39. The summed E-state index contributed by atoms with van der Waals surface area (Å²) in [5.41, 5.74) is 6.83. The van der Waals surface area contributed by atoms with E-state index in [0.29, 0.717) is 21.6 Å². The number of amides is 1. The molecule has 6 heteroatoms. The summed E-state index contributed by atoms with van der Waals surface area (Å²) in [6.07, 6.45) is 0. The minimum atomic E-state index is -0.492. The third kappa shape index (κ3) is 3.27. The number of carbonyl (C=O) groups excluding carboxylic acids is 1. The number of benzene rings is 2. The van der Waals surface area contributed by atoms with Crippen LogP contribution in [0.4, 0.5) is 15.8 Å². The first-order valence-corrected chi connectivity index (χ1v) is 6.50. The van der Waals surface area contributed by atoms with Crippen molar-refractivity contribution in [2.24, 2.45) is 0 Å². The van der Waals surface area contributed by atoms with E-state index in [4.69, 9.17) is 10.5 Å². The molecule has 0 atom stereocenters. The molecule has 0 spiro atoms. The predicted molar refractivity (Wildman–Crippen MR) is 79.5 cm³/mol. The summed E-state index contributed by atoms with van der Waals surface area (Å²) in [6, 6.07) is 8.82. The number of methoxy groups -OCH3 is 1. The normalized spacial score (nSPS) is 10.2. The molecule has 3 N–H and O–H groups in total. The van der Waals surface area contributed by atoms with Gasteiger partial charge < -0.3 is 15.8 Å². The monoisotopic (exact) mass is 338 g/mol. The van der Waals surface area contributed by atoms with E-state index < -0.39 is 11.7 Å². The van der Waals surface area contributed by atoms with E-state index in [0.717, 1.165) is 6.07 Å². The molecule has 0 heterocycles. The van der Waals surface area contributed by atoms with Gasteiger partial charge in [-0.25, -0.2) is 4.39 Å². The third-order valence-electron chi connectivity index (χ3n) is 2.60. The Morgan fingerprint density at radius 3 is 2.70 bits per heavy atom. The maximum atomic E-state index is 13.3. The summed E-state index contributed by atoms with van der Waals surface area (Å²) >= 11 is 3.14. The van der Waals surface area contributed by atoms with Crippen LogP contribution in [0.15, 0.2) is 40.9 Å². The van der Waals surface area contributed by atoms with E-state index in [1.807, 2.05) is 0 Å². The highest BCUT2D eigenvalue weighted by Gasteiger charge is 2.11. The minimum absolute atomic E-state index is 0.204. The molecule has 0 aliphatic carbocycles. The molecule has 0 aromatic heterocycles. The van der Waals surface area contributed by atoms with Crippen LogP contribution in [0.25, 0.3) is 0 Å². The van der Waals surface area contributed by atoms with Gasteiger partial charge in [-0.15, -0.1) is 0 Å².